The number of methoxy groups -OCH3 is 1. The molecule has 5 nitrogen and oxygen atoms in total. The average molecular weight is 368 g/mol. The van der Waals surface area contributed by atoms with E-state index < -0.39 is 27.7 Å². The first kappa shape index (κ1) is 17.8. The summed E-state index contributed by atoms with van der Waals surface area (Å²) >= 11 is 0. The number of halogens is 2. The van der Waals surface area contributed by atoms with E-state index in [1.54, 1.807) is 0 Å². The highest BCUT2D eigenvalue weighted by Gasteiger charge is 2.35. The molecule has 0 amide bonds. The Morgan fingerprint density at radius 1 is 1.20 bits per heavy atom. The number of piperidine rings is 1. The van der Waals surface area contributed by atoms with Gasteiger partial charge in [-0.25, -0.2) is 22.2 Å². The summed E-state index contributed by atoms with van der Waals surface area (Å²) < 4.78 is 59.6. The van der Waals surface area contributed by atoms with Crippen LogP contribution in [0.2, 0.25) is 0 Å². The van der Waals surface area contributed by atoms with Gasteiger partial charge in [0.15, 0.2) is 0 Å². The van der Waals surface area contributed by atoms with Gasteiger partial charge in [-0.15, -0.1) is 0 Å². The molecule has 1 aromatic heterocycles. The lowest BCUT2D eigenvalue weighted by Gasteiger charge is -2.35. The molecule has 0 spiro atoms. The molecule has 1 aliphatic heterocycles. The van der Waals surface area contributed by atoms with E-state index in [2.05, 4.69) is 4.98 Å². The first-order valence-corrected chi connectivity index (χ1v) is 9.34. The lowest BCUT2D eigenvalue weighted by molar-refractivity contribution is 0.250. The number of hydrogen-bond donors (Lipinski definition) is 0. The Morgan fingerprint density at radius 3 is 2.64 bits per heavy atom. The summed E-state index contributed by atoms with van der Waals surface area (Å²) in [6, 6.07) is 5.45. The lowest BCUT2D eigenvalue weighted by Crippen LogP contribution is -2.38. The highest BCUT2D eigenvalue weighted by molar-refractivity contribution is 7.89. The van der Waals surface area contributed by atoms with E-state index in [1.165, 1.54) is 35.8 Å². The largest absolute Gasteiger partial charge is 0.481 e. The third-order valence-electron chi connectivity index (χ3n) is 4.30. The summed E-state index contributed by atoms with van der Waals surface area (Å²) in [4.78, 5) is 3.95. The molecule has 0 bridgehead atoms. The van der Waals surface area contributed by atoms with Gasteiger partial charge in [0.1, 0.15) is 16.5 Å². The molecule has 0 radical (unpaired) electrons. The zero-order chi connectivity index (χ0) is 18.0. The van der Waals surface area contributed by atoms with E-state index >= 15 is 0 Å². The molecular weight excluding hydrogens is 350 g/mol. The van der Waals surface area contributed by atoms with Crippen LogP contribution >= 0.6 is 0 Å². The minimum Gasteiger partial charge on any atom is -0.481 e. The first-order valence-electron chi connectivity index (χ1n) is 7.90. The van der Waals surface area contributed by atoms with Crippen molar-refractivity contribution in [3.63, 3.8) is 0 Å². The van der Waals surface area contributed by atoms with Crippen molar-refractivity contribution < 1.29 is 21.9 Å². The van der Waals surface area contributed by atoms with Crippen LogP contribution in [0.5, 0.6) is 5.88 Å². The van der Waals surface area contributed by atoms with Gasteiger partial charge in [-0.05, 0) is 25.0 Å². The number of nitrogens with zero attached hydrogens (tertiary/aromatic N) is 2. The summed E-state index contributed by atoms with van der Waals surface area (Å²) in [7, 11) is -2.42. The normalized spacial score (nSPS) is 18.9. The number of sulfonamides is 1. The summed E-state index contributed by atoms with van der Waals surface area (Å²) in [6.45, 7) is 0.274. The lowest BCUT2D eigenvalue weighted by atomic mass is 9.97. The maximum absolute atomic E-state index is 14.2. The average Bonchev–Trinajstić information content (AvgIpc) is 2.62. The quantitative estimate of drug-likeness (QED) is 0.831. The van der Waals surface area contributed by atoms with Crippen LogP contribution in [0.1, 0.15) is 30.9 Å². The second-order valence-corrected chi connectivity index (χ2v) is 7.72. The van der Waals surface area contributed by atoms with Gasteiger partial charge in [-0.3, -0.25) is 0 Å². The van der Waals surface area contributed by atoms with Crippen molar-refractivity contribution in [2.45, 2.75) is 30.2 Å². The van der Waals surface area contributed by atoms with Crippen molar-refractivity contribution in [2.75, 3.05) is 13.7 Å². The number of ether oxygens (including phenoxy) is 1. The Morgan fingerprint density at radius 2 is 2.00 bits per heavy atom. The molecule has 8 heteroatoms. The van der Waals surface area contributed by atoms with Crippen LogP contribution in [-0.4, -0.2) is 31.4 Å². The molecule has 1 fully saturated rings. The van der Waals surface area contributed by atoms with Crippen LogP contribution in [0.3, 0.4) is 0 Å². The Balaban J connectivity index is 1.99. The second kappa shape index (κ2) is 7.05. The number of pyridine rings is 1. The van der Waals surface area contributed by atoms with Gasteiger partial charge in [-0.1, -0.05) is 12.5 Å². The van der Waals surface area contributed by atoms with Crippen LogP contribution in [0.15, 0.2) is 41.4 Å². The fraction of sp³-hybridized carbons (Fsp3) is 0.353. The smallest absolute Gasteiger partial charge is 0.245 e. The molecule has 3 rings (SSSR count). The Labute approximate surface area is 145 Å². The highest BCUT2D eigenvalue weighted by Crippen LogP contribution is 2.36. The molecule has 1 atom stereocenters. The number of hydrogen-bond acceptors (Lipinski definition) is 4. The van der Waals surface area contributed by atoms with Crippen LogP contribution in [-0.2, 0) is 10.0 Å². The summed E-state index contributed by atoms with van der Waals surface area (Å²) in [6.07, 6.45) is 3.16. The highest BCUT2D eigenvalue weighted by atomic mass is 32.2. The second-order valence-electron chi connectivity index (χ2n) is 5.83. The minimum absolute atomic E-state index is 0.0164. The maximum Gasteiger partial charge on any atom is 0.245 e. The molecule has 0 saturated carbocycles. The summed E-state index contributed by atoms with van der Waals surface area (Å²) in [5, 5.41) is 0. The molecule has 2 heterocycles. The van der Waals surface area contributed by atoms with Gasteiger partial charge in [0.25, 0.3) is 0 Å². The molecule has 0 N–H and O–H groups in total. The topological polar surface area (TPSA) is 59.5 Å². The molecule has 1 aromatic carbocycles. The molecule has 0 aliphatic carbocycles. The fourth-order valence-corrected chi connectivity index (χ4v) is 4.67. The van der Waals surface area contributed by atoms with E-state index in [9.17, 15) is 17.2 Å². The van der Waals surface area contributed by atoms with Crippen molar-refractivity contribution in [3.8, 4) is 5.88 Å². The maximum atomic E-state index is 14.2. The third kappa shape index (κ3) is 3.50. The van der Waals surface area contributed by atoms with Crippen LogP contribution in [0.25, 0.3) is 0 Å². The van der Waals surface area contributed by atoms with Crippen molar-refractivity contribution >= 4 is 10.0 Å². The molecule has 134 valence electrons. The summed E-state index contributed by atoms with van der Waals surface area (Å²) in [5.74, 6) is -1.12. The van der Waals surface area contributed by atoms with Crippen molar-refractivity contribution in [3.05, 3.63) is 53.7 Å². The van der Waals surface area contributed by atoms with Crippen LogP contribution < -0.4 is 4.74 Å². The Kier molecular flexibility index (Phi) is 5.01. The molecule has 1 aliphatic rings. The van der Waals surface area contributed by atoms with E-state index in [4.69, 9.17) is 4.74 Å². The SMILES string of the molecule is COc1ccc(S(=O)(=O)N2CCCCC2c2ccc(F)cc2F)cn1. The fourth-order valence-electron chi connectivity index (χ4n) is 3.05. The van der Waals surface area contributed by atoms with E-state index in [-0.39, 0.29) is 17.0 Å². The molecule has 25 heavy (non-hydrogen) atoms. The van der Waals surface area contributed by atoms with Crippen LogP contribution in [0.4, 0.5) is 8.78 Å². The minimum atomic E-state index is -3.86. The third-order valence-corrected chi connectivity index (χ3v) is 6.19. The van der Waals surface area contributed by atoms with Gasteiger partial charge in [0, 0.05) is 24.2 Å². The molecule has 2 aromatic rings. The van der Waals surface area contributed by atoms with Gasteiger partial charge in [0.2, 0.25) is 15.9 Å². The van der Waals surface area contributed by atoms with Crippen molar-refractivity contribution in [2.24, 2.45) is 0 Å². The zero-order valence-electron chi connectivity index (χ0n) is 13.7. The van der Waals surface area contributed by atoms with E-state index in [1.807, 2.05) is 0 Å². The number of rotatable bonds is 4. The predicted octanol–water partition coefficient (Wildman–Crippen LogP) is 3.28. The van der Waals surface area contributed by atoms with Gasteiger partial charge >= 0.3 is 0 Å². The monoisotopic (exact) mass is 368 g/mol. The zero-order valence-corrected chi connectivity index (χ0v) is 14.5. The Bertz CT molecular complexity index is 857. The van der Waals surface area contributed by atoms with Crippen molar-refractivity contribution in [1.29, 1.82) is 0 Å². The van der Waals surface area contributed by atoms with Gasteiger partial charge in [0.05, 0.1) is 19.3 Å². The predicted molar refractivity (Wildman–Crippen MR) is 87.6 cm³/mol. The molecular formula is C17H18F2N2O3S. The number of aromatic nitrogens is 1. The van der Waals surface area contributed by atoms with Gasteiger partial charge < -0.3 is 4.74 Å². The number of benzene rings is 1. The molecule has 1 saturated heterocycles. The summed E-state index contributed by atoms with van der Waals surface area (Å²) in [5.41, 5.74) is 0.186. The van der Waals surface area contributed by atoms with Gasteiger partial charge in [-0.2, -0.15) is 4.31 Å². The molecule has 1 unspecified atom stereocenters. The Hall–Kier alpha value is -2.06. The standard InChI is InChI=1S/C17H18F2N2O3S/c1-24-17-8-6-13(11-20-17)25(22,23)21-9-3-2-4-16(21)14-7-5-12(18)10-15(14)19/h5-8,10-11,16H,2-4,9H2,1H3. The van der Waals surface area contributed by atoms with Crippen molar-refractivity contribution in [1.82, 2.24) is 9.29 Å². The van der Waals surface area contributed by atoms with Crippen LogP contribution in [0, 0.1) is 11.6 Å². The van der Waals surface area contributed by atoms with E-state index in [0.717, 1.165) is 18.6 Å². The van der Waals surface area contributed by atoms with E-state index in [0.29, 0.717) is 18.7 Å². The first-order chi connectivity index (χ1) is 11.9.